The van der Waals surface area contributed by atoms with Crippen molar-refractivity contribution in [3.05, 3.63) is 90.1 Å². The fourth-order valence-corrected chi connectivity index (χ4v) is 8.06. The molecule has 0 aliphatic carbocycles. The predicted octanol–water partition coefficient (Wildman–Crippen LogP) is 7.56. The van der Waals surface area contributed by atoms with Crippen LogP contribution in [0.4, 0.5) is 11.4 Å². The summed E-state index contributed by atoms with van der Waals surface area (Å²) in [6.45, 7) is 9.43. The van der Waals surface area contributed by atoms with E-state index in [9.17, 15) is 0 Å². The van der Waals surface area contributed by atoms with Gasteiger partial charge in [-0.05, 0) is 74.6 Å². The molecule has 3 aliphatic rings. The van der Waals surface area contributed by atoms with Gasteiger partial charge in [0.1, 0.15) is 6.54 Å². The van der Waals surface area contributed by atoms with E-state index in [4.69, 9.17) is 0 Å². The number of nitrogens with zero attached hydrogens (tertiary/aromatic N) is 3. The number of pyridine rings is 1. The Kier molecular flexibility index (Phi) is 9.97. The van der Waals surface area contributed by atoms with Crippen molar-refractivity contribution >= 4 is 22.3 Å². The van der Waals surface area contributed by atoms with Gasteiger partial charge in [0, 0.05) is 55.1 Å². The van der Waals surface area contributed by atoms with Gasteiger partial charge in [0.25, 0.3) is 0 Å². The largest absolute Gasteiger partial charge is 0.371 e. The van der Waals surface area contributed by atoms with E-state index in [1.165, 1.54) is 167 Å². The van der Waals surface area contributed by atoms with Crippen molar-refractivity contribution in [3.63, 3.8) is 0 Å². The summed E-state index contributed by atoms with van der Waals surface area (Å²) in [6.07, 6.45) is 18.6. The summed E-state index contributed by atoms with van der Waals surface area (Å²) in [6, 6.07) is 28.4. The average Bonchev–Trinajstić information content (AvgIpc) is 3.63. The number of quaternary nitrogens is 1. The van der Waals surface area contributed by atoms with Gasteiger partial charge in [-0.1, -0.05) is 74.2 Å². The molecule has 4 aromatic rings. The minimum absolute atomic E-state index is 0.887. The first-order valence-corrected chi connectivity index (χ1v) is 18.3. The molecule has 0 saturated carbocycles. The molecule has 3 aromatic carbocycles. The number of anilines is 2. The third-order valence-electron chi connectivity index (χ3n) is 10.8. The highest BCUT2D eigenvalue weighted by Gasteiger charge is 2.21. The molecule has 0 bridgehead atoms. The smallest absolute Gasteiger partial charge is 0.216 e. The Morgan fingerprint density at radius 2 is 1.09 bits per heavy atom. The molecule has 4 heterocycles. The molecule has 4 heteroatoms. The predicted molar refractivity (Wildman–Crippen MR) is 189 cm³/mol. The van der Waals surface area contributed by atoms with E-state index in [2.05, 4.69) is 93.4 Å². The summed E-state index contributed by atoms with van der Waals surface area (Å²) in [7, 11) is 0. The van der Waals surface area contributed by atoms with Crippen LogP contribution in [0, 0.1) is 0 Å². The highest BCUT2D eigenvalue weighted by atomic mass is 15.1. The van der Waals surface area contributed by atoms with Crippen molar-refractivity contribution < 1.29 is 9.47 Å². The van der Waals surface area contributed by atoms with Crippen molar-refractivity contribution in [3.8, 4) is 11.1 Å². The fraction of sp³-hybridized carbons (Fsp3) is 0.488. The van der Waals surface area contributed by atoms with Crippen LogP contribution in [0.25, 0.3) is 22.0 Å². The zero-order valence-electron chi connectivity index (χ0n) is 27.5. The van der Waals surface area contributed by atoms with E-state index in [0.717, 1.165) is 6.54 Å². The third kappa shape index (κ3) is 7.55. The lowest BCUT2D eigenvalue weighted by Crippen LogP contribution is -3.10. The van der Waals surface area contributed by atoms with Crippen LogP contribution >= 0.6 is 0 Å². The van der Waals surface area contributed by atoms with Crippen LogP contribution < -0.4 is 19.3 Å². The van der Waals surface area contributed by atoms with E-state index in [-0.39, 0.29) is 0 Å². The Morgan fingerprint density at radius 1 is 0.533 bits per heavy atom. The summed E-state index contributed by atoms with van der Waals surface area (Å²) in [5.41, 5.74) is 9.63. The number of hydrogen-bond acceptors (Lipinski definition) is 2. The van der Waals surface area contributed by atoms with Gasteiger partial charge < -0.3 is 14.7 Å². The molecule has 3 fully saturated rings. The second-order valence-corrected chi connectivity index (χ2v) is 14.1. The molecular formula is C41H54N4+2. The van der Waals surface area contributed by atoms with Gasteiger partial charge in [-0.15, -0.1) is 0 Å². The van der Waals surface area contributed by atoms with Crippen LogP contribution in [-0.4, -0.2) is 39.3 Å². The molecule has 1 aromatic heterocycles. The Labute approximate surface area is 271 Å². The topological polar surface area (TPSA) is 14.8 Å². The van der Waals surface area contributed by atoms with Crippen LogP contribution in [0.3, 0.4) is 0 Å². The van der Waals surface area contributed by atoms with Gasteiger partial charge in [-0.3, -0.25) is 0 Å². The molecule has 3 aliphatic heterocycles. The lowest BCUT2D eigenvalue weighted by Gasteiger charge is -2.25. The third-order valence-corrected chi connectivity index (χ3v) is 10.8. The number of rotatable bonds is 7. The van der Waals surface area contributed by atoms with Crippen LogP contribution in [-0.2, 0) is 13.1 Å². The lowest BCUT2D eigenvalue weighted by atomic mass is 10.0. The molecule has 0 spiro atoms. The number of fused-ring (bicyclic) bond motifs is 1. The van der Waals surface area contributed by atoms with E-state index in [1.807, 2.05) is 0 Å². The van der Waals surface area contributed by atoms with E-state index in [0.29, 0.717) is 0 Å². The van der Waals surface area contributed by atoms with Gasteiger partial charge in [0.15, 0.2) is 12.7 Å². The summed E-state index contributed by atoms with van der Waals surface area (Å²) in [5, 5.41) is 1.40. The molecule has 45 heavy (non-hydrogen) atoms. The van der Waals surface area contributed by atoms with Crippen molar-refractivity contribution in [1.82, 2.24) is 0 Å². The maximum atomic E-state index is 2.65. The van der Waals surface area contributed by atoms with E-state index in [1.54, 1.807) is 4.90 Å². The molecule has 3 saturated heterocycles. The molecule has 0 unspecified atom stereocenters. The summed E-state index contributed by atoms with van der Waals surface area (Å²) < 4.78 is 2.49. The highest BCUT2D eigenvalue weighted by Crippen LogP contribution is 2.31. The molecule has 1 N–H and O–H groups in total. The Morgan fingerprint density at radius 3 is 1.71 bits per heavy atom. The quantitative estimate of drug-likeness (QED) is 0.220. The zero-order chi connectivity index (χ0) is 30.3. The Bertz CT molecular complexity index is 1500. The maximum absolute atomic E-state index is 2.65. The second kappa shape index (κ2) is 14.8. The number of likely N-dealkylation sites (tertiary alicyclic amines) is 1. The normalized spacial score (nSPS) is 18.8. The van der Waals surface area contributed by atoms with Crippen molar-refractivity contribution in [1.29, 1.82) is 0 Å². The maximum Gasteiger partial charge on any atom is 0.216 e. The number of hydrogen-bond donors (Lipinski definition) is 1. The van der Waals surface area contributed by atoms with Gasteiger partial charge in [-0.2, -0.15) is 4.57 Å². The summed E-state index contributed by atoms with van der Waals surface area (Å²) in [4.78, 5) is 7.04. The average molecular weight is 603 g/mol. The van der Waals surface area contributed by atoms with E-state index < -0.39 is 0 Å². The fourth-order valence-electron chi connectivity index (χ4n) is 8.06. The van der Waals surface area contributed by atoms with Crippen molar-refractivity contribution in [2.24, 2.45) is 0 Å². The first kappa shape index (κ1) is 30.3. The molecular weight excluding hydrogens is 548 g/mol. The number of benzene rings is 3. The number of aromatic nitrogens is 1. The van der Waals surface area contributed by atoms with Crippen LogP contribution in [0.1, 0.15) is 88.2 Å². The second-order valence-electron chi connectivity index (χ2n) is 14.1. The van der Waals surface area contributed by atoms with Gasteiger partial charge in [-0.25, -0.2) is 0 Å². The van der Waals surface area contributed by atoms with Crippen molar-refractivity contribution in [2.75, 3.05) is 49.1 Å². The first-order valence-electron chi connectivity index (χ1n) is 18.3. The highest BCUT2D eigenvalue weighted by molar-refractivity contribution is 5.91. The standard InChI is InChI=1S/C41H53N4/c1-2-8-25-42(24-7-1)32-34-13-17-36(18-14-34)37-19-15-35(16-20-37)33-45-30-23-40(44-28-11-5-6-12-29-44)39-22-21-38(31-41(39)45)43-26-9-3-4-10-27-43/h13-23,30-31H,1-12,24-29,32-33H2/q+1/p+1. The molecule has 4 nitrogen and oxygen atoms in total. The molecule has 0 atom stereocenters. The minimum atomic E-state index is 0.887. The zero-order valence-corrected chi connectivity index (χ0v) is 27.5. The van der Waals surface area contributed by atoms with Gasteiger partial charge in [0.05, 0.1) is 24.2 Å². The van der Waals surface area contributed by atoms with Crippen LogP contribution in [0.15, 0.2) is 79.0 Å². The summed E-state index contributed by atoms with van der Waals surface area (Å²) in [5.74, 6) is 0. The monoisotopic (exact) mass is 602 g/mol. The van der Waals surface area contributed by atoms with Crippen LogP contribution in [0.5, 0.6) is 0 Å². The SMILES string of the molecule is c1cc(-c2ccc(C[NH+]3CCCCCC3)cc2)ccc1C[n+]1ccc(N2CCCCCC2)c2ccc(N3CCCCCC3)cc21. The van der Waals surface area contributed by atoms with Gasteiger partial charge in [0.2, 0.25) is 5.52 Å². The summed E-state index contributed by atoms with van der Waals surface area (Å²) >= 11 is 0. The first-order chi connectivity index (χ1) is 22.3. The molecule has 7 rings (SSSR count). The van der Waals surface area contributed by atoms with Gasteiger partial charge >= 0.3 is 0 Å². The number of nitrogens with one attached hydrogen (secondary N) is 1. The Balaban J connectivity index is 1.12. The van der Waals surface area contributed by atoms with Crippen LogP contribution in [0.2, 0.25) is 0 Å². The molecule has 0 radical (unpaired) electrons. The Hall–Kier alpha value is -3.37. The van der Waals surface area contributed by atoms with Crippen molar-refractivity contribution in [2.45, 2.75) is 90.1 Å². The minimum Gasteiger partial charge on any atom is -0.371 e. The van der Waals surface area contributed by atoms with E-state index >= 15 is 0 Å². The molecule has 236 valence electrons. The lowest BCUT2D eigenvalue weighted by molar-refractivity contribution is -0.913. The molecule has 0 amide bonds.